The van der Waals surface area contributed by atoms with Crippen molar-refractivity contribution < 1.29 is 14.7 Å². The lowest BCUT2D eigenvalue weighted by Crippen LogP contribution is -2.12. The second-order valence-corrected chi connectivity index (χ2v) is 5.95. The van der Waals surface area contributed by atoms with E-state index in [0.717, 1.165) is 29.8 Å². The largest absolute Gasteiger partial charge is 0.478 e. The number of imidazole rings is 1. The van der Waals surface area contributed by atoms with Crippen LogP contribution in [-0.2, 0) is 4.79 Å². The maximum Gasteiger partial charge on any atom is 0.335 e. The van der Waals surface area contributed by atoms with Gasteiger partial charge in [0.1, 0.15) is 5.65 Å². The van der Waals surface area contributed by atoms with Crippen molar-refractivity contribution in [2.45, 2.75) is 12.8 Å². The Balaban J connectivity index is 1.59. The highest BCUT2D eigenvalue weighted by molar-refractivity contribution is 5.94. The van der Waals surface area contributed by atoms with E-state index in [0.29, 0.717) is 5.65 Å². The van der Waals surface area contributed by atoms with E-state index in [1.165, 1.54) is 12.1 Å². The van der Waals surface area contributed by atoms with Crippen LogP contribution in [0, 0.1) is 5.92 Å². The summed E-state index contributed by atoms with van der Waals surface area (Å²) in [6, 6.07) is 10.6. The second-order valence-electron chi connectivity index (χ2n) is 5.95. The summed E-state index contributed by atoms with van der Waals surface area (Å²) in [6.45, 7) is 0. The highest BCUT2D eigenvalue weighted by Crippen LogP contribution is 2.30. The zero-order chi connectivity index (χ0) is 16.7. The van der Waals surface area contributed by atoms with Crippen LogP contribution in [0.2, 0.25) is 0 Å². The van der Waals surface area contributed by atoms with E-state index >= 15 is 0 Å². The Kier molecular flexibility index (Phi) is 3.30. The molecule has 0 atom stereocenters. The van der Waals surface area contributed by atoms with Crippen molar-refractivity contribution >= 4 is 23.2 Å². The Morgan fingerprint density at radius 2 is 1.92 bits per heavy atom. The summed E-state index contributed by atoms with van der Waals surface area (Å²) >= 11 is 0. The van der Waals surface area contributed by atoms with Crippen LogP contribution >= 0.6 is 0 Å². The molecule has 3 aromatic rings. The van der Waals surface area contributed by atoms with Gasteiger partial charge in [0.2, 0.25) is 5.91 Å². The normalized spacial score (nSPS) is 13.8. The second kappa shape index (κ2) is 5.49. The van der Waals surface area contributed by atoms with Crippen LogP contribution in [0.25, 0.3) is 16.9 Å². The lowest BCUT2D eigenvalue weighted by molar-refractivity contribution is -0.117. The molecule has 0 spiro atoms. The SMILES string of the molecule is O=C(O)c1ccn2cc(-c3ccc(NC(=O)C4CC4)cc3)nc2c1. The molecular formula is C18H15N3O3. The molecule has 6 heteroatoms. The fourth-order valence-corrected chi connectivity index (χ4v) is 2.57. The number of carbonyl (C=O) groups is 2. The highest BCUT2D eigenvalue weighted by Gasteiger charge is 2.29. The van der Waals surface area contributed by atoms with Gasteiger partial charge in [-0.1, -0.05) is 12.1 Å². The molecule has 2 aromatic heterocycles. The number of benzene rings is 1. The molecule has 2 heterocycles. The minimum atomic E-state index is -0.974. The zero-order valence-corrected chi connectivity index (χ0v) is 12.8. The van der Waals surface area contributed by atoms with Gasteiger partial charge in [0, 0.05) is 29.6 Å². The lowest BCUT2D eigenvalue weighted by atomic mass is 10.1. The molecule has 1 aromatic carbocycles. The smallest absolute Gasteiger partial charge is 0.335 e. The van der Waals surface area contributed by atoms with E-state index in [4.69, 9.17) is 5.11 Å². The van der Waals surface area contributed by atoms with Crippen LogP contribution in [0.5, 0.6) is 0 Å². The predicted octanol–water partition coefficient (Wildman–Crippen LogP) is 3.05. The van der Waals surface area contributed by atoms with Crippen molar-refractivity contribution in [2.24, 2.45) is 5.92 Å². The van der Waals surface area contributed by atoms with Gasteiger partial charge in [0.25, 0.3) is 0 Å². The monoisotopic (exact) mass is 321 g/mol. The first-order valence-corrected chi connectivity index (χ1v) is 7.73. The van der Waals surface area contributed by atoms with E-state index < -0.39 is 5.97 Å². The van der Waals surface area contributed by atoms with Gasteiger partial charge in [0.15, 0.2) is 0 Å². The summed E-state index contributed by atoms with van der Waals surface area (Å²) < 4.78 is 1.78. The third-order valence-electron chi connectivity index (χ3n) is 4.10. The maximum absolute atomic E-state index is 11.8. The number of pyridine rings is 1. The number of aromatic carboxylic acids is 1. The average molecular weight is 321 g/mol. The Hall–Kier alpha value is -3.15. The molecule has 24 heavy (non-hydrogen) atoms. The molecule has 1 saturated carbocycles. The van der Waals surface area contributed by atoms with Crippen molar-refractivity contribution in [3.05, 3.63) is 54.4 Å². The minimum Gasteiger partial charge on any atom is -0.478 e. The van der Waals surface area contributed by atoms with E-state index in [1.54, 1.807) is 10.6 Å². The fourth-order valence-electron chi connectivity index (χ4n) is 2.57. The van der Waals surface area contributed by atoms with Gasteiger partial charge in [0.05, 0.1) is 11.3 Å². The van der Waals surface area contributed by atoms with E-state index in [1.807, 2.05) is 30.5 Å². The number of carbonyl (C=O) groups excluding carboxylic acids is 1. The van der Waals surface area contributed by atoms with E-state index in [2.05, 4.69) is 10.3 Å². The minimum absolute atomic E-state index is 0.0803. The number of hydrogen-bond acceptors (Lipinski definition) is 3. The zero-order valence-electron chi connectivity index (χ0n) is 12.8. The summed E-state index contributed by atoms with van der Waals surface area (Å²) in [4.78, 5) is 27.3. The predicted molar refractivity (Wildman–Crippen MR) is 88.9 cm³/mol. The Bertz CT molecular complexity index is 940. The molecular weight excluding hydrogens is 306 g/mol. The number of hydrogen-bond donors (Lipinski definition) is 2. The highest BCUT2D eigenvalue weighted by atomic mass is 16.4. The summed E-state index contributed by atoms with van der Waals surface area (Å²) in [7, 11) is 0. The molecule has 120 valence electrons. The molecule has 4 rings (SSSR count). The van der Waals surface area contributed by atoms with Gasteiger partial charge >= 0.3 is 5.97 Å². The molecule has 0 bridgehead atoms. The van der Waals surface area contributed by atoms with Crippen molar-refractivity contribution in [3.8, 4) is 11.3 Å². The van der Waals surface area contributed by atoms with Gasteiger partial charge in [-0.25, -0.2) is 9.78 Å². The van der Waals surface area contributed by atoms with Crippen LogP contribution in [0.3, 0.4) is 0 Å². The number of amides is 1. The molecule has 0 unspecified atom stereocenters. The molecule has 0 saturated heterocycles. The van der Waals surface area contributed by atoms with Crippen LogP contribution in [0.15, 0.2) is 48.8 Å². The number of rotatable bonds is 4. The number of carboxylic acids is 1. The molecule has 1 aliphatic rings. The summed E-state index contributed by atoms with van der Waals surface area (Å²) in [5, 5.41) is 11.9. The average Bonchev–Trinajstić information content (AvgIpc) is 3.34. The van der Waals surface area contributed by atoms with E-state index in [-0.39, 0.29) is 17.4 Å². The standard InChI is InChI=1S/C18H15N3O3/c22-17(12-1-2-12)19-14-5-3-11(4-6-14)15-10-21-8-7-13(18(23)24)9-16(21)20-15/h3-10,12H,1-2H2,(H,19,22)(H,23,24). The molecule has 1 fully saturated rings. The molecule has 1 aliphatic carbocycles. The number of carboxylic acid groups (broad SMARTS) is 1. The number of nitrogens with one attached hydrogen (secondary N) is 1. The summed E-state index contributed by atoms with van der Waals surface area (Å²) in [5.41, 5.74) is 3.21. The molecule has 0 aliphatic heterocycles. The summed E-state index contributed by atoms with van der Waals surface area (Å²) in [6.07, 6.45) is 5.48. The summed E-state index contributed by atoms with van der Waals surface area (Å²) in [5.74, 6) is -0.721. The van der Waals surface area contributed by atoms with E-state index in [9.17, 15) is 9.59 Å². The quantitative estimate of drug-likeness (QED) is 0.773. The van der Waals surface area contributed by atoms with Crippen LogP contribution in [-0.4, -0.2) is 26.4 Å². The molecule has 1 amide bonds. The molecule has 2 N–H and O–H groups in total. The number of aromatic nitrogens is 2. The Morgan fingerprint density at radius 3 is 2.58 bits per heavy atom. The van der Waals surface area contributed by atoms with Gasteiger partial charge in [-0.2, -0.15) is 0 Å². The maximum atomic E-state index is 11.8. The fraction of sp³-hybridized carbons (Fsp3) is 0.167. The van der Waals surface area contributed by atoms with Gasteiger partial charge in [-0.15, -0.1) is 0 Å². The Morgan fingerprint density at radius 1 is 1.17 bits per heavy atom. The topological polar surface area (TPSA) is 83.7 Å². The van der Waals surface area contributed by atoms with Crippen LogP contribution in [0.4, 0.5) is 5.69 Å². The van der Waals surface area contributed by atoms with Gasteiger partial charge in [-0.3, -0.25) is 4.79 Å². The van der Waals surface area contributed by atoms with Gasteiger partial charge in [-0.05, 0) is 37.1 Å². The third kappa shape index (κ3) is 2.74. The molecule has 0 radical (unpaired) electrons. The lowest BCUT2D eigenvalue weighted by Gasteiger charge is -2.04. The van der Waals surface area contributed by atoms with Crippen LogP contribution in [0.1, 0.15) is 23.2 Å². The third-order valence-corrected chi connectivity index (χ3v) is 4.10. The van der Waals surface area contributed by atoms with Crippen molar-refractivity contribution in [1.82, 2.24) is 9.38 Å². The van der Waals surface area contributed by atoms with Crippen molar-refractivity contribution in [3.63, 3.8) is 0 Å². The first-order valence-electron chi connectivity index (χ1n) is 7.73. The number of anilines is 1. The first-order chi connectivity index (χ1) is 11.6. The first kappa shape index (κ1) is 14.4. The molecule has 6 nitrogen and oxygen atoms in total. The number of nitrogens with zero attached hydrogens (tertiary/aromatic N) is 2. The Labute approximate surface area is 137 Å². The van der Waals surface area contributed by atoms with Gasteiger partial charge < -0.3 is 14.8 Å². The van der Waals surface area contributed by atoms with Crippen molar-refractivity contribution in [1.29, 1.82) is 0 Å². The number of fused-ring (bicyclic) bond motifs is 1. The van der Waals surface area contributed by atoms with Crippen molar-refractivity contribution in [2.75, 3.05) is 5.32 Å². The van der Waals surface area contributed by atoms with Crippen LogP contribution < -0.4 is 5.32 Å².